The molecule has 0 bridgehead atoms. The van der Waals surface area contributed by atoms with E-state index in [1.807, 2.05) is 17.0 Å². The van der Waals surface area contributed by atoms with Crippen LogP contribution in [-0.4, -0.2) is 62.7 Å². The van der Waals surface area contributed by atoms with E-state index in [1.165, 1.54) is 0 Å². The van der Waals surface area contributed by atoms with Gasteiger partial charge < -0.3 is 14.4 Å². The summed E-state index contributed by atoms with van der Waals surface area (Å²) < 4.78 is 11.3. The highest BCUT2D eigenvalue weighted by Gasteiger charge is 2.21. The number of hydrogen-bond acceptors (Lipinski definition) is 4. The lowest BCUT2D eigenvalue weighted by Gasteiger charge is -2.34. The predicted octanol–water partition coefficient (Wildman–Crippen LogP) is 1.75. The second kappa shape index (κ2) is 7.77. The summed E-state index contributed by atoms with van der Waals surface area (Å²) in [6, 6.07) is 6.03. The molecule has 1 aliphatic heterocycles. The van der Waals surface area contributed by atoms with Crippen LogP contribution < -0.4 is 4.74 Å². The fourth-order valence-corrected chi connectivity index (χ4v) is 2.89. The number of benzene rings is 1. The van der Waals surface area contributed by atoms with Crippen LogP contribution in [0, 0.1) is 0 Å². The van der Waals surface area contributed by atoms with Crippen molar-refractivity contribution in [3.8, 4) is 5.75 Å². The quantitative estimate of drug-likeness (QED) is 0.805. The van der Waals surface area contributed by atoms with Crippen molar-refractivity contribution in [3.63, 3.8) is 0 Å². The fourth-order valence-electron chi connectivity index (χ4n) is 2.48. The maximum absolute atomic E-state index is 11.8. The molecule has 1 saturated heterocycles. The maximum Gasteiger partial charge on any atom is 0.248 e. The van der Waals surface area contributed by atoms with E-state index < -0.39 is 0 Å². The lowest BCUT2D eigenvalue weighted by Crippen LogP contribution is -2.49. The van der Waals surface area contributed by atoms with Gasteiger partial charge in [0.05, 0.1) is 7.11 Å². The van der Waals surface area contributed by atoms with Crippen LogP contribution in [0.2, 0.25) is 0 Å². The Morgan fingerprint density at radius 2 is 1.95 bits per heavy atom. The topological polar surface area (TPSA) is 42.0 Å². The standard InChI is InChI=1S/C15H21BrN2O3/c1-20-11-15(19)18-7-5-17(6-8-18)10-12-9-13(16)3-4-14(12)21-2/h3-4,9H,5-8,10-11H2,1-2H3. The molecule has 0 spiro atoms. The first-order valence-corrected chi connectivity index (χ1v) is 7.75. The van der Waals surface area contributed by atoms with E-state index in [9.17, 15) is 4.79 Å². The Labute approximate surface area is 133 Å². The van der Waals surface area contributed by atoms with Gasteiger partial charge in [0.25, 0.3) is 0 Å². The van der Waals surface area contributed by atoms with Gasteiger partial charge in [0, 0.05) is 49.9 Å². The Balaban J connectivity index is 1.92. The van der Waals surface area contributed by atoms with E-state index in [4.69, 9.17) is 9.47 Å². The average Bonchev–Trinajstić information content (AvgIpc) is 2.48. The van der Waals surface area contributed by atoms with Crippen LogP contribution in [0.4, 0.5) is 0 Å². The van der Waals surface area contributed by atoms with Crippen molar-refractivity contribution in [2.45, 2.75) is 6.54 Å². The molecule has 1 aromatic rings. The molecule has 2 rings (SSSR count). The number of ether oxygens (including phenoxy) is 2. The molecule has 21 heavy (non-hydrogen) atoms. The number of carbonyl (C=O) groups excluding carboxylic acids is 1. The zero-order valence-electron chi connectivity index (χ0n) is 12.5. The summed E-state index contributed by atoms with van der Waals surface area (Å²) in [6.07, 6.45) is 0. The number of amides is 1. The highest BCUT2D eigenvalue weighted by atomic mass is 79.9. The van der Waals surface area contributed by atoms with Crippen molar-refractivity contribution in [1.82, 2.24) is 9.80 Å². The molecule has 0 unspecified atom stereocenters. The van der Waals surface area contributed by atoms with Crippen LogP contribution in [-0.2, 0) is 16.1 Å². The molecular formula is C15H21BrN2O3. The zero-order chi connectivity index (χ0) is 15.2. The summed E-state index contributed by atoms with van der Waals surface area (Å²) in [5, 5.41) is 0. The summed E-state index contributed by atoms with van der Waals surface area (Å²) in [7, 11) is 3.24. The van der Waals surface area contributed by atoms with Gasteiger partial charge in [-0.15, -0.1) is 0 Å². The van der Waals surface area contributed by atoms with Gasteiger partial charge in [-0.05, 0) is 18.2 Å². The van der Waals surface area contributed by atoms with Gasteiger partial charge in [0.1, 0.15) is 12.4 Å². The SMILES string of the molecule is COCC(=O)N1CCN(Cc2cc(Br)ccc2OC)CC1. The smallest absolute Gasteiger partial charge is 0.248 e. The Hall–Kier alpha value is -1.11. The first kappa shape index (κ1) is 16.3. The van der Waals surface area contributed by atoms with Crippen LogP contribution in [0.25, 0.3) is 0 Å². The molecule has 6 heteroatoms. The molecule has 0 radical (unpaired) electrons. The number of methoxy groups -OCH3 is 2. The number of rotatable bonds is 5. The molecule has 1 amide bonds. The van der Waals surface area contributed by atoms with Gasteiger partial charge in [-0.25, -0.2) is 0 Å². The van der Waals surface area contributed by atoms with Gasteiger partial charge in [0.2, 0.25) is 5.91 Å². The number of carbonyl (C=O) groups is 1. The van der Waals surface area contributed by atoms with E-state index >= 15 is 0 Å². The average molecular weight is 357 g/mol. The van der Waals surface area contributed by atoms with Gasteiger partial charge in [-0.1, -0.05) is 15.9 Å². The normalized spacial score (nSPS) is 16.0. The van der Waals surface area contributed by atoms with Crippen LogP contribution in [0.5, 0.6) is 5.75 Å². The molecule has 116 valence electrons. The molecule has 0 atom stereocenters. The molecule has 1 aliphatic rings. The molecule has 0 saturated carbocycles. The van der Waals surface area contributed by atoms with Gasteiger partial charge in [0.15, 0.2) is 0 Å². The Kier molecular flexibility index (Phi) is 6.02. The molecular weight excluding hydrogens is 336 g/mol. The van der Waals surface area contributed by atoms with Crippen molar-refractivity contribution in [3.05, 3.63) is 28.2 Å². The van der Waals surface area contributed by atoms with Gasteiger partial charge in [-0.2, -0.15) is 0 Å². The highest BCUT2D eigenvalue weighted by molar-refractivity contribution is 9.10. The van der Waals surface area contributed by atoms with Crippen molar-refractivity contribution >= 4 is 21.8 Å². The summed E-state index contributed by atoms with van der Waals surface area (Å²) in [6.45, 7) is 4.22. The van der Waals surface area contributed by atoms with E-state index in [-0.39, 0.29) is 12.5 Å². The second-order valence-corrected chi connectivity index (χ2v) is 5.96. The predicted molar refractivity (Wildman–Crippen MR) is 84.4 cm³/mol. The van der Waals surface area contributed by atoms with Crippen LogP contribution in [0.3, 0.4) is 0 Å². The maximum atomic E-state index is 11.8. The summed E-state index contributed by atoms with van der Waals surface area (Å²) >= 11 is 3.50. The summed E-state index contributed by atoms with van der Waals surface area (Å²) in [5.74, 6) is 0.966. The van der Waals surface area contributed by atoms with E-state index in [0.717, 1.165) is 48.5 Å². The molecule has 5 nitrogen and oxygen atoms in total. The van der Waals surface area contributed by atoms with Crippen LogP contribution in [0.15, 0.2) is 22.7 Å². The zero-order valence-corrected chi connectivity index (χ0v) is 14.1. The Morgan fingerprint density at radius 3 is 2.57 bits per heavy atom. The second-order valence-electron chi connectivity index (χ2n) is 5.05. The lowest BCUT2D eigenvalue weighted by atomic mass is 10.1. The number of hydrogen-bond donors (Lipinski definition) is 0. The summed E-state index contributed by atoms with van der Waals surface area (Å²) in [5.41, 5.74) is 1.16. The molecule has 1 fully saturated rings. The van der Waals surface area contributed by atoms with Crippen molar-refractivity contribution in [2.75, 3.05) is 47.0 Å². The fraction of sp³-hybridized carbons (Fsp3) is 0.533. The third-order valence-corrected chi connectivity index (χ3v) is 4.12. The minimum absolute atomic E-state index is 0.0668. The minimum atomic E-state index is 0.0668. The first-order valence-electron chi connectivity index (χ1n) is 6.95. The molecule has 0 aliphatic carbocycles. The lowest BCUT2D eigenvalue weighted by molar-refractivity contribution is -0.136. The van der Waals surface area contributed by atoms with Crippen molar-refractivity contribution in [2.24, 2.45) is 0 Å². The van der Waals surface area contributed by atoms with E-state index in [1.54, 1.807) is 14.2 Å². The van der Waals surface area contributed by atoms with Crippen molar-refractivity contribution < 1.29 is 14.3 Å². The minimum Gasteiger partial charge on any atom is -0.496 e. The number of halogens is 1. The van der Waals surface area contributed by atoms with Crippen LogP contribution >= 0.6 is 15.9 Å². The molecule has 1 aromatic carbocycles. The molecule has 1 heterocycles. The monoisotopic (exact) mass is 356 g/mol. The Bertz CT molecular complexity index is 488. The Morgan fingerprint density at radius 1 is 1.24 bits per heavy atom. The van der Waals surface area contributed by atoms with E-state index in [0.29, 0.717) is 0 Å². The van der Waals surface area contributed by atoms with Crippen molar-refractivity contribution in [1.29, 1.82) is 0 Å². The number of nitrogens with zero attached hydrogens (tertiary/aromatic N) is 2. The van der Waals surface area contributed by atoms with Gasteiger partial charge >= 0.3 is 0 Å². The van der Waals surface area contributed by atoms with Gasteiger partial charge in [-0.3, -0.25) is 9.69 Å². The molecule has 0 N–H and O–H groups in total. The van der Waals surface area contributed by atoms with Crippen LogP contribution in [0.1, 0.15) is 5.56 Å². The first-order chi connectivity index (χ1) is 10.1. The molecule has 0 aromatic heterocycles. The highest BCUT2D eigenvalue weighted by Crippen LogP contribution is 2.24. The largest absolute Gasteiger partial charge is 0.496 e. The number of piperazine rings is 1. The van der Waals surface area contributed by atoms with E-state index in [2.05, 4.69) is 26.9 Å². The third-order valence-electron chi connectivity index (χ3n) is 3.63. The summed E-state index contributed by atoms with van der Waals surface area (Å²) in [4.78, 5) is 16.0. The third kappa shape index (κ3) is 4.43.